The van der Waals surface area contributed by atoms with Crippen molar-refractivity contribution in [2.24, 2.45) is 0 Å². The number of benzene rings is 2. The number of carbonyl (C=O) groups is 2. The molecule has 0 unspecified atom stereocenters. The van der Waals surface area contributed by atoms with E-state index < -0.39 is 16.9 Å². The molecule has 1 aromatic heterocycles. The largest absolute Gasteiger partial charge is 0.462 e. The fourth-order valence-electron chi connectivity index (χ4n) is 2.85. The molecule has 1 heterocycles. The summed E-state index contributed by atoms with van der Waals surface area (Å²) in [6, 6.07) is 14.4. The number of nitro groups is 1. The number of thiophene rings is 1. The minimum absolute atomic E-state index is 0.0286. The number of urea groups is 1. The number of carbonyl (C=O) groups excluding carboxylic acids is 2. The summed E-state index contributed by atoms with van der Waals surface area (Å²) in [7, 11) is 0. The van der Waals surface area contributed by atoms with Crippen LogP contribution in [0.15, 0.2) is 54.6 Å². The molecule has 3 rings (SSSR count). The van der Waals surface area contributed by atoms with E-state index in [4.69, 9.17) is 4.74 Å². The predicted octanol–water partition coefficient (Wildman–Crippen LogP) is 5.45. The SMILES string of the molecule is CCOC(=O)c1c(NC(=O)Nc2ccccc2)sc(-c2ccc([N+](=O)[O-])cc2)c1C. The molecule has 0 fully saturated rings. The highest BCUT2D eigenvalue weighted by Gasteiger charge is 2.24. The predicted molar refractivity (Wildman–Crippen MR) is 116 cm³/mol. The van der Waals surface area contributed by atoms with E-state index in [0.717, 1.165) is 0 Å². The van der Waals surface area contributed by atoms with Gasteiger partial charge in [-0.2, -0.15) is 0 Å². The quantitative estimate of drug-likeness (QED) is 0.310. The van der Waals surface area contributed by atoms with E-state index in [0.29, 0.717) is 26.7 Å². The number of hydrogen-bond donors (Lipinski definition) is 2. The normalized spacial score (nSPS) is 10.3. The molecule has 30 heavy (non-hydrogen) atoms. The number of para-hydroxylation sites is 1. The van der Waals surface area contributed by atoms with Crippen molar-refractivity contribution >= 4 is 39.7 Å². The van der Waals surface area contributed by atoms with Gasteiger partial charge in [0, 0.05) is 22.7 Å². The van der Waals surface area contributed by atoms with Gasteiger partial charge < -0.3 is 10.1 Å². The third kappa shape index (κ3) is 4.64. The highest BCUT2D eigenvalue weighted by Crippen LogP contribution is 2.40. The number of amides is 2. The minimum Gasteiger partial charge on any atom is -0.462 e. The molecular formula is C21H19N3O5S. The summed E-state index contributed by atoms with van der Waals surface area (Å²) in [4.78, 5) is 36.1. The fourth-order valence-corrected chi connectivity index (χ4v) is 4.04. The number of rotatable bonds is 6. The van der Waals surface area contributed by atoms with Gasteiger partial charge in [0.1, 0.15) is 5.00 Å². The van der Waals surface area contributed by atoms with Crippen molar-refractivity contribution in [3.63, 3.8) is 0 Å². The molecule has 2 N–H and O–H groups in total. The standard InChI is InChI=1S/C21H19N3O5S/c1-3-29-20(25)17-13(2)18(14-9-11-16(12-10-14)24(27)28)30-19(17)23-21(26)22-15-7-5-4-6-8-15/h4-12H,3H2,1-2H3,(H2,22,23,26). The molecule has 0 saturated carbocycles. The average Bonchev–Trinajstić information content (AvgIpc) is 3.04. The highest BCUT2D eigenvalue weighted by atomic mass is 32.1. The zero-order valence-electron chi connectivity index (χ0n) is 16.3. The lowest BCUT2D eigenvalue weighted by molar-refractivity contribution is -0.384. The van der Waals surface area contributed by atoms with Crippen molar-refractivity contribution in [1.29, 1.82) is 0 Å². The van der Waals surface area contributed by atoms with Crippen LogP contribution in [0.1, 0.15) is 22.8 Å². The molecule has 2 aromatic carbocycles. The molecule has 154 valence electrons. The number of ether oxygens (including phenoxy) is 1. The van der Waals surface area contributed by atoms with Gasteiger partial charge in [-0.1, -0.05) is 18.2 Å². The molecule has 0 atom stereocenters. The van der Waals surface area contributed by atoms with Crippen LogP contribution in [0.5, 0.6) is 0 Å². The molecule has 0 bridgehead atoms. The van der Waals surface area contributed by atoms with Gasteiger partial charge in [-0.15, -0.1) is 11.3 Å². The Morgan fingerprint density at radius 2 is 1.73 bits per heavy atom. The van der Waals surface area contributed by atoms with Gasteiger partial charge in [-0.3, -0.25) is 15.4 Å². The Kier molecular flexibility index (Phi) is 6.43. The van der Waals surface area contributed by atoms with Crippen LogP contribution in [0, 0.1) is 17.0 Å². The molecule has 0 spiro atoms. The average molecular weight is 425 g/mol. The van der Waals surface area contributed by atoms with Gasteiger partial charge in [0.15, 0.2) is 0 Å². The topological polar surface area (TPSA) is 111 Å². The van der Waals surface area contributed by atoms with E-state index in [9.17, 15) is 19.7 Å². The van der Waals surface area contributed by atoms with Crippen LogP contribution in [0.4, 0.5) is 21.2 Å². The van der Waals surface area contributed by atoms with Crippen LogP contribution in [-0.2, 0) is 4.74 Å². The summed E-state index contributed by atoms with van der Waals surface area (Å²) < 4.78 is 5.16. The number of anilines is 2. The van der Waals surface area contributed by atoms with E-state index in [2.05, 4.69) is 10.6 Å². The van der Waals surface area contributed by atoms with E-state index in [-0.39, 0.29) is 17.9 Å². The molecule has 0 aliphatic carbocycles. The summed E-state index contributed by atoms with van der Waals surface area (Å²) in [6.07, 6.45) is 0. The molecule has 3 aromatic rings. The Hall–Kier alpha value is -3.72. The Bertz CT molecular complexity index is 1080. The lowest BCUT2D eigenvalue weighted by Gasteiger charge is -2.08. The lowest BCUT2D eigenvalue weighted by Crippen LogP contribution is -2.20. The van der Waals surface area contributed by atoms with Crippen LogP contribution in [0.25, 0.3) is 10.4 Å². The molecule has 0 aliphatic heterocycles. The molecule has 0 aliphatic rings. The van der Waals surface area contributed by atoms with Crippen LogP contribution in [0.2, 0.25) is 0 Å². The number of nitrogens with one attached hydrogen (secondary N) is 2. The number of nitro benzene ring substituents is 1. The van der Waals surface area contributed by atoms with Crippen molar-refractivity contribution in [1.82, 2.24) is 0 Å². The van der Waals surface area contributed by atoms with E-state index in [1.807, 2.05) is 6.07 Å². The first-order chi connectivity index (χ1) is 14.4. The summed E-state index contributed by atoms with van der Waals surface area (Å²) >= 11 is 1.20. The van der Waals surface area contributed by atoms with Crippen LogP contribution >= 0.6 is 11.3 Å². The molecule has 8 nitrogen and oxygen atoms in total. The first-order valence-electron chi connectivity index (χ1n) is 9.09. The Balaban J connectivity index is 1.94. The third-order valence-corrected chi connectivity index (χ3v) is 5.48. The van der Waals surface area contributed by atoms with Gasteiger partial charge in [0.2, 0.25) is 0 Å². The van der Waals surface area contributed by atoms with Crippen molar-refractivity contribution in [2.45, 2.75) is 13.8 Å². The number of esters is 1. The van der Waals surface area contributed by atoms with Crippen LogP contribution in [-0.4, -0.2) is 23.5 Å². The van der Waals surface area contributed by atoms with E-state index >= 15 is 0 Å². The van der Waals surface area contributed by atoms with Crippen molar-refractivity contribution in [2.75, 3.05) is 17.2 Å². The third-order valence-electron chi connectivity index (χ3n) is 4.23. The van der Waals surface area contributed by atoms with Gasteiger partial charge in [0.25, 0.3) is 5.69 Å². The lowest BCUT2D eigenvalue weighted by atomic mass is 10.1. The second-order valence-electron chi connectivity index (χ2n) is 6.23. The Morgan fingerprint density at radius 3 is 2.33 bits per heavy atom. The van der Waals surface area contributed by atoms with Crippen LogP contribution < -0.4 is 10.6 Å². The summed E-state index contributed by atoms with van der Waals surface area (Å²) in [5.74, 6) is -0.547. The minimum atomic E-state index is -0.547. The summed E-state index contributed by atoms with van der Waals surface area (Å²) in [5.41, 5.74) is 2.17. The Morgan fingerprint density at radius 1 is 1.07 bits per heavy atom. The highest BCUT2D eigenvalue weighted by molar-refractivity contribution is 7.20. The molecule has 2 amide bonds. The van der Waals surface area contributed by atoms with Crippen LogP contribution in [0.3, 0.4) is 0 Å². The van der Waals surface area contributed by atoms with Gasteiger partial charge >= 0.3 is 12.0 Å². The first kappa shape index (κ1) is 21.0. The first-order valence-corrected chi connectivity index (χ1v) is 9.90. The van der Waals surface area contributed by atoms with E-state index in [1.54, 1.807) is 50.2 Å². The second kappa shape index (κ2) is 9.19. The molecule has 9 heteroatoms. The number of non-ortho nitro benzene ring substituents is 1. The smallest absolute Gasteiger partial charge is 0.341 e. The van der Waals surface area contributed by atoms with Crippen molar-refractivity contribution in [3.8, 4) is 10.4 Å². The zero-order valence-corrected chi connectivity index (χ0v) is 17.1. The van der Waals surface area contributed by atoms with Crippen molar-refractivity contribution < 1.29 is 19.2 Å². The Labute approximate surface area is 176 Å². The zero-order chi connectivity index (χ0) is 21.7. The van der Waals surface area contributed by atoms with Gasteiger partial charge in [-0.25, -0.2) is 9.59 Å². The summed E-state index contributed by atoms with van der Waals surface area (Å²) in [6.45, 7) is 3.64. The number of nitrogens with zero attached hydrogens (tertiary/aromatic N) is 1. The van der Waals surface area contributed by atoms with E-state index in [1.165, 1.54) is 23.5 Å². The maximum atomic E-state index is 12.5. The maximum absolute atomic E-state index is 12.5. The second-order valence-corrected chi connectivity index (χ2v) is 7.25. The molecular weight excluding hydrogens is 406 g/mol. The maximum Gasteiger partial charge on any atom is 0.341 e. The van der Waals surface area contributed by atoms with Crippen molar-refractivity contribution in [3.05, 3.63) is 75.8 Å². The fraction of sp³-hybridized carbons (Fsp3) is 0.143. The number of hydrogen-bond acceptors (Lipinski definition) is 6. The van der Waals surface area contributed by atoms with Gasteiger partial charge in [-0.05, 0) is 49.2 Å². The van der Waals surface area contributed by atoms with Gasteiger partial charge in [0.05, 0.1) is 17.1 Å². The molecule has 0 radical (unpaired) electrons. The summed E-state index contributed by atoms with van der Waals surface area (Å²) in [5, 5.41) is 16.7. The monoisotopic (exact) mass is 425 g/mol. The molecule has 0 saturated heterocycles.